The summed E-state index contributed by atoms with van der Waals surface area (Å²) in [4.78, 5) is 0. The Morgan fingerprint density at radius 1 is 1.26 bits per heavy atom. The van der Waals surface area contributed by atoms with E-state index in [-0.39, 0.29) is 28.9 Å². The van der Waals surface area contributed by atoms with Crippen LogP contribution in [0.1, 0.15) is 12.5 Å². The van der Waals surface area contributed by atoms with Crippen LogP contribution in [0.25, 0.3) is 0 Å². The van der Waals surface area contributed by atoms with E-state index in [2.05, 4.69) is 21.2 Å². The number of alkyl halides is 3. The van der Waals surface area contributed by atoms with Gasteiger partial charge in [-0.2, -0.15) is 13.2 Å². The van der Waals surface area contributed by atoms with Gasteiger partial charge in [-0.3, -0.25) is 0 Å². The molecule has 19 heavy (non-hydrogen) atoms. The number of hydrogen-bond acceptors (Lipinski definition) is 1. The van der Waals surface area contributed by atoms with Crippen molar-refractivity contribution < 1.29 is 22.0 Å². The second-order valence-corrected chi connectivity index (χ2v) is 5.23. The summed E-state index contributed by atoms with van der Waals surface area (Å²) >= 11 is 2.94. The molecule has 0 radical (unpaired) electrons. The van der Waals surface area contributed by atoms with Gasteiger partial charge < -0.3 is 5.32 Å². The van der Waals surface area contributed by atoms with Crippen molar-refractivity contribution in [3.63, 3.8) is 0 Å². The van der Waals surface area contributed by atoms with Crippen molar-refractivity contribution in [2.45, 2.75) is 19.5 Å². The number of hydrogen-bond donors (Lipinski definition) is 1. The van der Waals surface area contributed by atoms with E-state index in [1.807, 2.05) is 0 Å². The Labute approximate surface area is 116 Å². The van der Waals surface area contributed by atoms with Gasteiger partial charge >= 0.3 is 6.18 Å². The molecule has 1 aromatic carbocycles. The summed E-state index contributed by atoms with van der Waals surface area (Å²) < 4.78 is 63.0. The smallest absolute Gasteiger partial charge is 0.308 e. The topological polar surface area (TPSA) is 12.0 Å². The maximum atomic E-state index is 13.6. The SMILES string of the molecule is CC(CNCC(F)(F)F)Cc1c(F)ccc(Br)c1F. The van der Waals surface area contributed by atoms with Crippen molar-refractivity contribution in [1.29, 1.82) is 0 Å². The molecule has 0 aliphatic rings. The van der Waals surface area contributed by atoms with Crippen molar-refractivity contribution in [2.75, 3.05) is 13.1 Å². The minimum atomic E-state index is -4.29. The Kier molecular flexibility index (Phi) is 5.73. The van der Waals surface area contributed by atoms with Crippen molar-refractivity contribution in [2.24, 2.45) is 5.92 Å². The first kappa shape index (κ1) is 16.4. The second-order valence-electron chi connectivity index (χ2n) is 4.38. The van der Waals surface area contributed by atoms with E-state index in [0.717, 1.165) is 6.07 Å². The van der Waals surface area contributed by atoms with Gasteiger partial charge in [0.25, 0.3) is 0 Å². The number of rotatable bonds is 5. The van der Waals surface area contributed by atoms with E-state index in [0.29, 0.717) is 0 Å². The molecule has 0 fully saturated rings. The molecule has 0 saturated carbocycles. The van der Waals surface area contributed by atoms with Crippen LogP contribution in [0.3, 0.4) is 0 Å². The zero-order valence-electron chi connectivity index (χ0n) is 10.1. The third-order valence-electron chi connectivity index (χ3n) is 2.51. The highest BCUT2D eigenvalue weighted by atomic mass is 79.9. The highest BCUT2D eigenvalue weighted by molar-refractivity contribution is 9.10. The lowest BCUT2D eigenvalue weighted by molar-refractivity contribution is -0.125. The average Bonchev–Trinajstić information content (AvgIpc) is 2.28. The molecule has 0 aromatic heterocycles. The Bertz CT molecular complexity index is 433. The highest BCUT2D eigenvalue weighted by Gasteiger charge is 2.26. The maximum absolute atomic E-state index is 13.6. The summed E-state index contributed by atoms with van der Waals surface area (Å²) in [6.45, 7) is 0.550. The van der Waals surface area contributed by atoms with E-state index >= 15 is 0 Å². The molecule has 108 valence electrons. The van der Waals surface area contributed by atoms with Gasteiger partial charge in [-0.25, -0.2) is 8.78 Å². The summed E-state index contributed by atoms with van der Waals surface area (Å²) in [5, 5.41) is 2.22. The Hall–Kier alpha value is -0.690. The lowest BCUT2D eigenvalue weighted by Crippen LogP contribution is -2.32. The normalized spacial score (nSPS) is 13.6. The zero-order chi connectivity index (χ0) is 14.6. The van der Waals surface area contributed by atoms with Crippen LogP contribution in [0.15, 0.2) is 16.6 Å². The van der Waals surface area contributed by atoms with Gasteiger partial charge in [0.05, 0.1) is 11.0 Å². The first-order valence-corrected chi connectivity index (χ1v) is 6.40. The summed E-state index contributed by atoms with van der Waals surface area (Å²) in [7, 11) is 0. The van der Waals surface area contributed by atoms with Gasteiger partial charge in [0, 0.05) is 5.56 Å². The Morgan fingerprint density at radius 2 is 1.89 bits per heavy atom. The van der Waals surface area contributed by atoms with Gasteiger partial charge in [0.2, 0.25) is 0 Å². The van der Waals surface area contributed by atoms with Crippen LogP contribution in [-0.4, -0.2) is 19.3 Å². The quantitative estimate of drug-likeness (QED) is 0.626. The molecular formula is C12H13BrF5N. The molecule has 1 N–H and O–H groups in total. The molecule has 1 nitrogen and oxygen atoms in total. The van der Waals surface area contributed by atoms with Crippen LogP contribution in [-0.2, 0) is 6.42 Å². The number of benzene rings is 1. The number of halogens is 6. The fourth-order valence-electron chi connectivity index (χ4n) is 1.64. The second kappa shape index (κ2) is 6.65. The zero-order valence-corrected chi connectivity index (χ0v) is 11.7. The predicted molar refractivity (Wildman–Crippen MR) is 65.9 cm³/mol. The molecule has 1 unspecified atom stereocenters. The monoisotopic (exact) mass is 345 g/mol. The molecule has 0 heterocycles. The van der Waals surface area contributed by atoms with Crippen molar-refractivity contribution in [3.05, 3.63) is 33.8 Å². The molecule has 0 aliphatic heterocycles. The molecule has 7 heteroatoms. The standard InChI is InChI=1S/C12H13BrF5N/c1-7(5-19-6-12(16,17)18)4-8-10(14)3-2-9(13)11(8)15/h2-3,7,19H,4-6H2,1H3. The molecule has 0 aliphatic carbocycles. The van der Waals surface area contributed by atoms with Crippen LogP contribution in [0, 0.1) is 17.6 Å². The molecule has 1 aromatic rings. The molecule has 1 atom stereocenters. The highest BCUT2D eigenvalue weighted by Crippen LogP contribution is 2.23. The third-order valence-corrected chi connectivity index (χ3v) is 3.12. The average molecular weight is 346 g/mol. The fourth-order valence-corrected chi connectivity index (χ4v) is 2.01. The van der Waals surface area contributed by atoms with Crippen LogP contribution < -0.4 is 5.32 Å². The van der Waals surface area contributed by atoms with E-state index < -0.39 is 24.4 Å². The first-order chi connectivity index (χ1) is 8.70. The van der Waals surface area contributed by atoms with Crippen LogP contribution >= 0.6 is 15.9 Å². The summed E-state index contributed by atoms with van der Waals surface area (Å²) in [5.41, 5.74) is -0.115. The van der Waals surface area contributed by atoms with Crippen molar-refractivity contribution in [3.8, 4) is 0 Å². The van der Waals surface area contributed by atoms with Gasteiger partial charge in [-0.1, -0.05) is 6.92 Å². The van der Waals surface area contributed by atoms with E-state index in [1.165, 1.54) is 6.07 Å². The predicted octanol–water partition coefficient (Wildman–Crippen LogP) is 4.06. The van der Waals surface area contributed by atoms with Gasteiger partial charge in [-0.05, 0) is 46.9 Å². The van der Waals surface area contributed by atoms with E-state index in [4.69, 9.17) is 0 Å². The molecule has 0 amide bonds. The summed E-state index contributed by atoms with van der Waals surface area (Å²) in [6.07, 6.45) is -4.26. The minimum Gasteiger partial charge on any atom is -0.308 e. The van der Waals surface area contributed by atoms with E-state index in [1.54, 1.807) is 6.92 Å². The van der Waals surface area contributed by atoms with Crippen molar-refractivity contribution in [1.82, 2.24) is 5.32 Å². The molecular weight excluding hydrogens is 333 g/mol. The van der Waals surface area contributed by atoms with E-state index in [9.17, 15) is 22.0 Å². The first-order valence-electron chi connectivity index (χ1n) is 5.60. The lowest BCUT2D eigenvalue weighted by atomic mass is 10.00. The molecule has 0 spiro atoms. The third kappa shape index (κ3) is 5.44. The van der Waals surface area contributed by atoms with Gasteiger partial charge in [-0.15, -0.1) is 0 Å². The lowest BCUT2D eigenvalue weighted by Gasteiger charge is -2.15. The number of nitrogens with one attached hydrogen (secondary N) is 1. The van der Waals surface area contributed by atoms with Gasteiger partial charge in [0.15, 0.2) is 0 Å². The summed E-state index contributed by atoms with van der Waals surface area (Å²) in [5.74, 6) is -1.72. The van der Waals surface area contributed by atoms with Crippen LogP contribution in [0.5, 0.6) is 0 Å². The molecule has 0 bridgehead atoms. The molecule has 0 saturated heterocycles. The largest absolute Gasteiger partial charge is 0.401 e. The van der Waals surface area contributed by atoms with Crippen molar-refractivity contribution >= 4 is 15.9 Å². The minimum absolute atomic E-state index is 0.0297. The Balaban J connectivity index is 2.58. The summed E-state index contributed by atoms with van der Waals surface area (Å²) in [6, 6.07) is 2.37. The van der Waals surface area contributed by atoms with Crippen LogP contribution in [0.2, 0.25) is 0 Å². The fraction of sp³-hybridized carbons (Fsp3) is 0.500. The maximum Gasteiger partial charge on any atom is 0.401 e. The molecule has 1 rings (SSSR count). The Morgan fingerprint density at radius 3 is 2.47 bits per heavy atom. The van der Waals surface area contributed by atoms with Crippen LogP contribution in [0.4, 0.5) is 22.0 Å². The van der Waals surface area contributed by atoms with Gasteiger partial charge in [0.1, 0.15) is 11.6 Å².